The van der Waals surface area contributed by atoms with Gasteiger partial charge in [-0.05, 0) is 35.7 Å². The molecule has 25 heavy (non-hydrogen) atoms. The normalized spacial score (nSPS) is 14.6. The molecule has 6 heteroatoms. The molecule has 3 aromatic rings. The Morgan fingerprint density at radius 1 is 0.960 bits per heavy atom. The van der Waals surface area contributed by atoms with Crippen LogP contribution in [0.1, 0.15) is 10.6 Å². The van der Waals surface area contributed by atoms with Crippen LogP contribution < -0.4 is 4.90 Å². The molecule has 3 heterocycles. The second-order valence-corrected chi connectivity index (χ2v) is 7.26. The van der Waals surface area contributed by atoms with Crippen molar-refractivity contribution in [2.75, 3.05) is 4.90 Å². The number of hydrogen-bond acceptors (Lipinski definition) is 5. The number of carbonyl (C=O) groups excluding carboxylic acids is 2. The van der Waals surface area contributed by atoms with Crippen molar-refractivity contribution < 1.29 is 14.0 Å². The van der Waals surface area contributed by atoms with Gasteiger partial charge >= 0.3 is 0 Å². The van der Waals surface area contributed by atoms with Crippen molar-refractivity contribution in [1.29, 1.82) is 0 Å². The summed E-state index contributed by atoms with van der Waals surface area (Å²) in [4.78, 5) is 28.5. The highest BCUT2D eigenvalue weighted by Gasteiger charge is 2.40. The maximum Gasteiger partial charge on any atom is 0.272 e. The van der Waals surface area contributed by atoms with Crippen molar-refractivity contribution in [3.05, 3.63) is 81.8 Å². The van der Waals surface area contributed by atoms with Crippen LogP contribution in [0.15, 0.2) is 75.6 Å². The molecule has 0 N–H and O–H groups in total. The first kappa shape index (κ1) is 15.9. The molecule has 0 unspecified atom stereocenters. The zero-order chi connectivity index (χ0) is 17.2. The molecule has 0 atom stereocenters. The van der Waals surface area contributed by atoms with Crippen molar-refractivity contribution in [3.63, 3.8) is 0 Å². The summed E-state index contributed by atoms with van der Waals surface area (Å²) in [6, 6.07) is 16.4. The summed E-state index contributed by atoms with van der Waals surface area (Å²) in [6.07, 6.45) is 1.60. The molecule has 0 saturated carbocycles. The predicted octanol–water partition coefficient (Wildman–Crippen LogP) is 4.56. The van der Waals surface area contributed by atoms with Gasteiger partial charge < -0.3 is 4.42 Å². The lowest BCUT2D eigenvalue weighted by Crippen LogP contribution is -2.31. The molecule has 1 aliphatic rings. The lowest BCUT2D eigenvalue weighted by Gasteiger charge is -2.14. The van der Waals surface area contributed by atoms with Crippen LogP contribution in [0, 0.1) is 0 Å². The first-order valence-electron chi connectivity index (χ1n) is 7.63. The van der Waals surface area contributed by atoms with E-state index >= 15 is 0 Å². The molecular formula is C19H13NO3S2. The lowest BCUT2D eigenvalue weighted by molar-refractivity contribution is -0.119. The van der Waals surface area contributed by atoms with Crippen molar-refractivity contribution in [1.82, 2.24) is 0 Å². The van der Waals surface area contributed by atoms with Crippen LogP contribution in [0.4, 0.5) is 5.69 Å². The number of benzene rings is 1. The number of rotatable bonds is 5. The standard InChI is InChI=1S/C19H13NO3S2/c21-18-16(15-9-5-11-24-15)17(25-12-14-8-4-10-23-14)19(22)20(18)13-6-2-1-3-7-13/h1-11H,12H2. The molecule has 0 saturated heterocycles. The summed E-state index contributed by atoms with van der Waals surface area (Å²) in [6.45, 7) is 0. The van der Waals surface area contributed by atoms with Crippen LogP contribution >= 0.6 is 23.1 Å². The van der Waals surface area contributed by atoms with Crippen molar-refractivity contribution >= 4 is 46.2 Å². The predicted molar refractivity (Wildman–Crippen MR) is 100 cm³/mol. The number of nitrogens with zero attached hydrogens (tertiary/aromatic N) is 1. The third kappa shape index (κ3) is 2.94. The minimum atomic E-state index is -0.281. The number of thioether (sulfide) groups is 1. The molecule has 1 aromatic carbocycles. The number of thiophene rings is 1. The van der Waals surface area contributed by atoms with Gasteiger partial charge in [-0.1, -0.05) is 24.3 Å². The average Bonchev–Trinajstić information content (AvgIpc) is 3.36. The Bertz CT molecular complexity index is 928. The van der Waals surface area contributed by atoms with Gasteiger partial charge in [0.05, 0.1) is 28.2 Å². The molecule has 2 aromatic heterocycles. The maximum atomic E-state index is 13.0. The van der Waals surface area contributed by atoms with Gasteiger partial charge in [-0.25, -0.2) is 4.90 Å². The maximum absolute atomic E-state index is 13.0. The van der Waals surface area contributed by atoms with Gasteiger partial charge in [0.15, 0.2) is 0 Å². The zero-order valence-electron chi connectivity index (χ0n) is 13.0. The fourth-order valence-corrected chi connectivity index (χ4v) is 4.47. The van der Waals surface area contributed by atoms with Crippen LogP contribution in [0.25, 0.3) is 5.57 Å². The second-order valence-electron chi connectivity index (χ2n) is 5.33. The number of hydrogen-bond donors (Lipinski definition) is 0. The molecular weight excluding hydrogens is 354 g/mol. The molecule has 4 rings (SSSR count). The average molecular weight is 367 g/mol. The number of furan rings is 1. The number of anilines is 1. The van der Waals surface area contributed by atoms with Gasteiger partial charge in [0.25, 0.3) is 11.8 Å². The quantitative estimate of drug-likeness (QED) is 0.621. The third-order valence-corrected chi connectivity index (χ3v) is 5.75. The fourth-order valence-electron chi connectivity index (χ4n) is 2.63. The SMILES string of the molecule is O=C1C(SCc2ccco2)=C(c2cccs2)C(=O)N1c1ccccc1. The summed E-state index contributed by atoms with van der Waals surface area (Å²) in [5.74, 6) is 0.706. The van der Waals surface area contributed by atoms with Gasteiger partial charge in [-0.3, -0.25) is 9.59 Å². The third-order valence-electron chi connectivity index (χ3n) is 3.76. The Morgan fingerprint density at radius 3 is 2.48 bits per heavy atom. The first-order valence-corrected chi connectivity index (χ1v) is 9.49. The van der Waals surface area contributed by atoms with Gasteiger partial charge in [-0.15, -0.1) is 23.1 Å². The summed E-state index contributed by atoms with van der Waals surface area (Å²) in [7, 11) is 0. The van der Waals surface area contributed by atoms with E-state index in [9.17, 15) is 9.59 Å². The molecule has 2 amide bonds. The molecule has 124 valence electrons. The Balaban J connectivity index is 1.72. The van der Waals surface area contributed by atoms with Gasteiger partial charge in [0, 0.05) is 4.88 Å². The highest BCUT2D eigenvalue weighted by atomic mass is 32.2. The smallest absolute Gasteiger partial charge is 0.272 e. The highest BCUT2D eigenvalue weighted by molar-refractivity contribution is 8.03. The first-order chi connectivity index (χ1) is 12.3. The van der Waals surface area contributed by atoms with E-state index in [4.69, 9.17) is 4.42 Å². The summed E-state index contributed by atoms with van der Waals surface area (Å²) < 4.78 is 5.34. The molecule has 0 spiro atoms. The molecule has 0 radical (unpaired) electrons. The van der Waals surface area contributed by atoms with Crippen LogP contribution in [-0.2, 0) is 15.3 Å². The minimum absolute atomic E-state index is 0.277. The van der Waals surface area contributed by atoms with Crippen LogP contribution in [0.5, 0.6) is 0 Å². The van der Waals surface area contributed by atoms with E-state index in [2.05, 4.69) is 0 Å². The molecule has 0 aliphatic carbocycles. The lowest BCUT2D eigenvalue weighted by atomic mass is 10.2. The number of carbonyl (C=O) groups is 2. The Hall–Kier alpha value is -2.57. The second kappa shape index (κ2) is 6.74. The van der Waals surface area contributed by atoms with Crippen molar-refractivity contribution in [3.8, 4) is 0 Å². The Morgan fingerprint density at radius 2 is 1.80 bits per heavy atom. The van der Waals surface area contributed by atoms with E-state index in [0.29, 0.717) is 21.9 Å². The summed E-state index contributed by atoms with van der Waals surface area (Å²) in [5, 5.41) is 1.90. The van der Waals surface area contributed by atoms with Crippen molar-refractivity contribution in [2.24, 2.45) is 0 Å². The van der Waals surface area contributed by atoms with E-state index in [1.165, 1.54) is 28.0 Å². The number of amides is 2. The Labute approximate surface area is 152 Å². The zero-order valence-corrected chi connectivity index (χ0v) is 14.7. The summed E-state index contributed by atoms with van der Waals surface area (Å²) >= 11 is 2.79. The van der Waals surface area contributed by atoms with Crippen LogP contribution in [-0.4, -0.2) is 11.8 Å². The van der Waals surface area contributed by atoms with Crippen molar-refractivity contribution in [2.45, 2.75) is 5.75 Å². The van der Waals surface area contributed by atoms with E-state index in [1.807, 2.05) is 47.8 Å². The molecule has 1 aliphatic heterocycles. The van der Waals surface area contributed by atoms with Gasteiger partial charge in [0.1, 0.15) is 5.76 Å². The number of imide groups is 1. The largest absolute Gasteiger partial charge is 0.468 e. The minimum Gasteiger partial charge on any atom is -0.468 e. The van der Waals surface area contributed by atoms with E-state index in [1.54, 1.807) is 18.4 Å². The number of para-hydroxylation sites is 1. The topological polar surface area (TPSA) is 50.5 Å². The highest BCUT2D eigenvalue weighted by Crippen LogP contribution is 2.40. The molecule has 0 fully saturated rings. The van der Waals surface area contributed by atoms with E-state index in [0.717, 1.165) is 10.6 Å². The molecule has 4 nitrogen and oxygen atoms in total. The van der Waals surface area contributed by atoms with Crippen LogP contribution in [0.2, 0.25) is 0 Å². The van der Waals surface area contributed by atoms with E-state index in [-0.39, 0.29) is 11.8 Å². The van der Waals surface area contributed by atoms with Crippen LogP contribution in [0.3, 0.4) is 0 Å². The van der Waals surface area contributed by atoms with Gasteiger partial charge in [0.2, 0.25) is 0 Å². The Kier molecular flexibility index (Phi) is 4.29. The van der Waals surface area contributed by atoms with Gasteiger partial charge in [-0.2, -0.15) is 0 Å². The monoisotopic (exact) mass is 367 g/mol. The molecule has 0 bridgehead atoms. The fraction of sp³-hybridized carbons (Fsp3) is 0.0526. The van der Waals surface area contributed by atoms with E-state index < -0.39 is 0 Å². The summed E-state index contributed by atoms with van der Waals surface area (Å²) in [5.41, 5.74) is 1.06.